The van der Waals surface area contributed by atoms with Crippen LogP contribution in [-0.4, -0.2) is 70.3 Å². The summed E-state index contributed by atoms with van der Waals surface area (Å²) in [4.78, 5) is 16.5. The van der Waals surface area contributed by atoms with E-state index in [1.165, 1.54) is 16.8 Å². The molecule has 0 radical (unpaired) electrons. The van der Waals surface area contributed by atoms with Crippen molar-refractivity contribution >= 4 is 32.1 Å². The number of morpholine rings is 1. The summed E-state index contributed by atoms with van der Waals surface area (Å²) in [6.45, 7) is 3.84. The molecule has 1 N–H and O–H groups in total. The van der Waals surface area contributed by atoms with Gasteiger partial charge in [0.25, 0.3) is 11.6 Å². The number of nitrogens with one attached hydrogen (secondary N) is 1. The van der Waals surface area contributed by atoms with E-state index in [1.54, 1.807) is 59.6 Å². The second-order valence-electron chi connectivity index (χ2n) is 9.22. The van der Waals surface area contributed by atoms with Gasteiger partial charge in [-0.3, -0.25) is 4.98 Å². The molecule has 5 rings (SSSR count). The highest BCUT2D eigenvalue weighted by atomic mass is 31.0. The molecular weight excluding hydrogens is 530 g/mol. The molecular formula is C25H27F3N9OP. The lowest BCUT2D eigenvalue weighted by Crippen LogP contribution is -2.37. The number of halogens is 3. The maximum absolute atomic E-state index is 14.5. The van der Waals surface area contributed by atoms with Crippen molar-refractivity contribution in [1.29, 1.82) is 0 Å². The molecule has 4 heterocycles. The number of rotatable bonds is 7. The van der Waals surface area contributed by atoms with Crippen LogP contribution in [0.25, 0.3) is 17.3 Å². The van der Waals surface area contributed by atoms with Gasteiger partial charge in [-0.2, -0.15) is 18.4 Å². The third-order valence-electron chi connectivity index (χ3n) is 6.22. The Labute approximate surface area is 225 Å². The molecule has 1 unspecified atom stereocenters. The summed E-state index contributed by atoms with van der Waals surface area (Å²) in [5.74, 6) is -0.142. The van der Waals surface area contributed by atoms with Crippen molar-refractivity contribution in [3.05, 3.63) is 59.8 Å². The molecule has 1 saturated heterocycles. The summed E-state index contributed by atoms with van der Waals surface area (Å²) in [6, 6.07) is 8.14. The van der Waals surface area contributed by atoms with Gasteiger partial charge in [0.05, 0.1) is 42.7 Å². The van der Waals surface area contributed by atoms with E-state index >= 15 is 0 Å². The number of ether oxygens (including phenoxy) is 1. The number of nitrogens with zero attached hydrogens (tertiary/aromatic N) is 8. The van der Waals surface area contributed by atoms with Gasteiger partial charge in [-0.25, -0.2) is 9.37 Å². The molecule has 14 heteroatoms. The monoisotopic (exact) mass is 557 g/mol. The second-order valence-corrected chi connectivity index (χ2v) is 9.94. The van der Waals surface area contributed by atoms with Gasteiger partial charge < -0.3 is 19.9 Å². The zero-order valence-electron chi connectivity index (χ0n) is 21.6. The van der Waals surface area contributed by atoms with Crippen molar-refractivity contribution in [3.8, 4) is 17.3 Å². The zero-order chi connectivity index (χ0) is 27.7. The Morgan fingerprint density at radius 2 is 1.82 bits per heavy atom. The van der Waals surface area contributed by atoms with Crippen LogP contribution in [0.2, 0.25) is 0 Å². The molecule has 0 aliphatic carbocycles. The van der Waals surface area contributed by atoms with Gasteiger partial charge in [-0.1, -0.05) is 14.5 Å². The Morgan fingerprint density at radius 3 is 2.49 bits per heavy atom. The Hall–Kier alpha value is -3.83. The van der Waals surface area contributed by atoms with Crippen molar-refractivity contribution in [2.75, 3.05) is 55.5 Å². The van der Waals surface area contributed by atoms with Crippen molar-refractivity contribution in [1.82, 2.24) is 29.9 Å². The summed E-state index contributed by atoms with van der Waals surface area (Å²) in [5, 5.41) is 11.5. The standard InChI is InChI=1S/C25H27F3N9OP/c1-15-22(33-34-37(15)24-30-14-20(26)23(32-24)36-6-8-38-9-7-36)21-5-4-17(13-29-21)31-18-10-16(25(27,28)39)11-19(12-18)35(2)3/h4-5,10-14,31H,6-9,39H2,1-3H3. The fraction of sp³-hybridized carbons (Fsp3) is 0.320. The first-order valence-electron chi connectivity index (χ1n) is 12.1. The van der Waals surface area contributed by atoms with E-state index in [4.69, 9.17) is 4.74 Å². The molecule has 1 atom stereocenters. The van der Waals surface area contributed by atoms with Gasteiger partial charge >= 0.3 is 0 Å². The summed E-state index contributed by atoms with van der Waals surface area (Å²) >= 11 is 0. The van der Waals surface area contributed by atoms with Gasteiger partial charge in [0.15, 0.2) is 11.6 Å². The highest BCUT2D eigenvalue weighted by Crippen LogP contribution is 2.38. The van der Waals surface area contributed by atoms with E-state index in [0.717, 1.165) is 6.20 Å². The predicted molar refractivity (Wildman–Crippen MR) is 146 cm³/mol. The van der Waals surface area contributed by atoms with Crippen LogP contribution in [0.1, 0.15) is 11.3 Å². The maximum Gasteiger partial charge on any atom is 0.284 e. The lowest BCUT2D eigenvalue weighted by Gasteiger charge is -2.28. The van der Waals surface area contributed by atoms with Gasteiger partial charge in [0.1, 0.15) is 5.69 Å². The van der Waals surface area contributed by atoms with Crippen LogP contribution in [0, 0.1) is 12.7 Å². The summed E-state index contributed by atoms with van der Waals surface area (Å²) in [6.07, 6.45) is 2.70. The van der Waals surface area contributed by atoms with Gasteiger partial charge in [0.2, 0.25) is 0 Å². The van der Waals surface area contributed by atoms with E-state index in [-0.39, 0.29) is 17.3 Å². The van der Waals surface area contributed by atoms with Gasteiger partial charge in [-0.05, 0) is 37.3 Å². The molecule has 3 aromatic heterocycles. The van der Waals surface area contributed by atoms with Crippen molar-refractivity contribution in [3.63, 3.8) is 0 Å². The first kappa shape index (κ1) is 26.8. The lowest BCUT2D eigenvalue weighted by molar-refractivity contribution is 0.104. The number of pyridine rings is 1. The quantitative estimate of drug-likeness (QED) is 0.337. The molecule has 0 saturated carbocycles. The summed E-state index contributed by atoms with van der Waals surface area (Å²) in [5.41, 5.74) is 0.209. The molecule has 0 bridgehead atoms. The largest absolute Gasteiger partial charge is 0.378 e. The summed E-state index contributed by atoms with van der Waals surface area (Å²) in [7, 11) is 5.14. The Balaban J connectivity index is 1.38. The smallest absolute Gasteiger partial charge is 0.284 e. The SMILES string of the molecule is Cc1c(-c2ccc(Nc3cc(N(C)C)cc(C(F)(F)P)c3)cn2)nnn1-c1ncc(F)c(N2CCOCC2)n1. The van der Waals surface area contributed by atoms with E-state index in [0.29, 0.717) is 60.4 Å². The van der Waals surface area contributed by atoms with Crippen LogP contribution in [0.4, 0.5) is 36.1 Å². The van der Waals surface area contributed by atoms with Gasteiger partial charge in [-0.15, -0.1) is 5.10 Å². The lowest BCUT2D eigenvalue weighted by atomic mass is 10.1. The van der Waals surface area contributed by atoms with E-state index in [9.17, 15) is 13.2 Å². The van der Waals surface area contributed by atoms with Crippen molar-refractivity contribution in [2.24, 2.45) is 0 Å². The first-order chi connectivity index (χ1) is 18.6. The number of hydrogen-bond donors (Lipinski definition) is 1. The van der Waals surface area contributed by atoms with Crippen LogP contribution in [0.5, 0.6) is 0 Å². The van der Waals surface area contributed by atoms with Crippen LogP contribution in [0.3, 0.4) is 0 Å². The Bertz CT molecular complexity index is 1470. The van der Waals surface area contributed by atoms with Crippen molar-refractivity contribution < 1.29 is 17.9 Å². The Kier molecular flexibility index (Phi) is 7.37. The van der Waals surface area contributed by atoms with Gasteiger partial charge in [0, 0.05) is 44.1 Å². The summed E-state index contributed by atoms with van der Waals surface area (Å²) < 4.78 is 49.3. The normalized spacial score (nSPS) is 14.0. The third-order valence-corrected chi connectivity index (χ3v) is 6.55. The number of aromatic nitrogens is 6. The Morgan fingerprint density at radius 1 is 1.05 bits per heavy atom. The molecule has 10 nitrogen and oxygen atoms in total. The average molecular weight is 558 g/mol. The molecule has 1 aliphatic rings. The molecule has 1 fully saturated rings. The number of hydrogen-bond acceptors (Lipinski definition) is 9. The first-order valence-corrected chi connectivity index (χ1v) is 12.7. The van der Waals surface area contributed by atoms with Crippen LogP contribution < -0.4 is 15.1 Å². The average Bonchev–Trinajstić information content (AvgIpc) is 3.30. The van der Waals surface area contributed by atoms with Crippen LogP contribution in [-0.2, 0) is 10.4 Å². The third kappa shape index (κ3) is 5.79. The molecule has 39 heavy (non-hydrogen) atoms. The number of benzene rings is 1. The molecule has 4 aromatic rings. The highest BCUT2D eigenvalue weighted by Gasteiger charge is 2.26. The van der Waals surface area contributed by atoms with Crippen LogP contribution in [0.15, 0.2) is 42.7 Å². The highest BCUT2D eigenvalue weighted by molar-refractivity contribution is 7.17. The second kappa shape index (κ2) is 10.7. The minimum atomic E-state index is -3.06. The fourth-order valence-corrected chi connectivity index (χ4v) is 4.28. The molecule has 1 aliphatic heterocycles. The van der Waals surface area contributed by atoms with E-state index < -0.39 is 11.5 Å². The predicted octanol–water partition coefficient (Wildman–Crippen LogP) is 4.14. The molecule has 204 valence electrons. The van der Waals surface area contributed by atoms with E-state index in [1.807, 2.05) is 4.90 Å². The molecule has 0 spiro atoms. The van der Waals surface area contributed by atoms with Crippen LogP contribution >= 0.6 is 9.24 Å². The molecule has 1 aromatic carbocycles. The number of anilines is 4. The minimum absolute atomic E-state index is 0.127. The number of alkyl halides is 2. The topological polar surface area (TPSA) is 97.1 Å². The minimum Gasteiger partial charge on any atom is -0.378 e. The zero-order valence-corrected chi connectivity index (χ0v) is 22.7. The fourth-order valence-electron chi connectivity index (χ4n) is 4.11. The molecule has 0 amide bonds. The maximum atomic E-state index is 14.5. The van der Waals surface area contributed by atoms with Crippen molar-refractivity contribution in [2.45, 2.75) is 12.6 Å². The van der Waals surface area contributed by atoms with E-state index in [2.05, 4.69) is 30.6 Å².